The average molecular weight is 361 g/mol. The van der Waals surface area contributed by atoms with Crippen molar-refractivity contribution in [3.05, 3.63) is 68.7 Å². The quantitative estimate of drug-likeness (QED) is 0.766. The van der Waals surface area contributed by atoms with Crippen molar-refractivity contribution in [1.29, 1.82) is 0 Å². The first-order valence-electron chi connectivity index (χ1n) is 6.08. The molecular formula is C15H13BrClF2N. The van der Waals surface area contributed by atoms with Crippen molar-refractivity contribution in [3.8, 4) is 0 Å². The largest absolute Gasteiger partial charge is 0.313 e. The van der Waals surface area contributed by atoms with Gasteiger partial charge in [0.2, 0.25) is 0 Å². The molecule has 20 heavy (non-hydrogen) atoms. The van der Waals surface area contributed by atoms with Crippen LogP contribution in [0.2, 0.25) is 5.02 Å². The maximum atomic E-state index is 14.0. The maximum Gasteiger partial charge on any atom is 0.143 e. The van der Waals surface area contributed by atoms with Gasteiger partial charge in [0.05, 0.1) is 4.47 Å². The molecule has 0 heterocycles. The molecule has 106 valence electrons. The van der Waals surface area contributed by atoms with Crippen molar-refractivity contribution in [3.63, 3.8) is 0 Å². The van der Waals surface area contributed by atoms with E-state index in [1.54, 1.807) is 13.1 Å². The Morgan fingerprint density at radius 2 is 1.90 bits per heavy atom. The Bertz CT molecular complexity index is 619. The predicted octanol–water partition coefficient (Wildman–Crippen LogP) is 4.88. The summed E-state index contributed by atoms with van der Waals surface area (Å²) in [7, 11) is 1.74. The number of hydrogen-bond acceptors (Lipinski definition) is 1. The molecule has 0 saturated carbocycles. The monoisotopic (exact) mass is 359 g/mol. The molecule has 2 aromatic rings. The van der Waals surface area contributed by atoms with Crippen molar-refractivity contribution >= 4 is 27.5 Å². The van der Waals surface area contributed by atoms with Gasteiger partial charge in [0, 0.05) is 16.6 Å². The van der Waals surface area contributed by atoms with Crippen LogP contribution in [-0.2, 0) is 6.42 Å². The van der Waals surface area contributed by atoms with Gasteiger partial charge in [-0.2, -0.15) is 0 Å². The summed E-state index contributed by atoms with van der Waals surface area (Å²) in [6, 6.07) is 9.62. The Morgan fingerprint density at radius 3 is 2.55 bits per heavy atom. The molecule has 5 heteroatoms. The van der Waals surface area contributed by atoms with Crippen LogP contribution in [0.1, 0.15) is 17.2 Å². The summed E-state index contributed by atoms with van der Waals surface area (Å²) < 4.78 is 28.1. The molecule has 2 aromatic carbocycles. The zero-order valence-electron chi connectivity index (χ0n) is 10.8. The lowest BCUT2D eigenvalue weighted by Gasteiger charge is -2.19. The molecule has 1 unspecified atom stereocenters. The third kappa shape index (κ3) is 3.19. The highest BCUT2D eigenvalue weighted by atomic mass is 79.9. The third-order valence-corrected chi connectivity index (χ3v) is 4.13. The first kappa shape index (κ1) is 15.4. The van der Waals surface area contributed by atoms with E-state index in [4.69, 9.17) is 11.6 Å². The van der Waals surface area contributed by atoms with Gasteiger partial charge in [0.25, 0.3) is 0 Å². The highest BCUT2D eigenvalue weighted by Crippen LogP contribution is 2.29. The summed E-state index contributed by atoms with van der Waals surface area (Å²) in [6.07, 6.45) is 0.178. The smallest absolute Gasteiger partial charge is 0.143 e. The Balaban J connectivity index is 2.37. The van der Waals surface area contributed by atoms with E-state index in [-0.39, 0.29) is 22.5 Å². The van der Waals surface area contributed by atoms with Crippen molar-refractivity contribution in [2.75, 3.05) is 7.05 Å². The predicted molar refractivity (Wildman–Crippen MR) is 81.0 cm³/mol. The molecule has 0 bridgehead atoms. The first-order valence-corrected chi connectivity index (χ1v) is 7.25. The van der Waals surface area contributed by atoms with Crippen LogP contribution in [0, 0.1) is 11.6 Å². The van der Waals surface area contributed by atoms with Crippen molar-refractivity contribution in [2.45, 2.75) is 12.5 Å². The van der Waals surface area contributed by atoms with Gasteiger partial charge in [-0.3, -0.25) is 0 Å². The molecule has 0 fully saturated rings. The SMILES string of the molecule is CNC(Cc1c(F)ccc(Br)c1F)c1ccccc1Cl. The molecule has 0 aliphatic heterocycles. The summed E-state index contributed by atoms with van der Waals surface area (Å²) in [5.41, 5.74) is 0.856. The second-order valence-electron chi connectivity index (χ2n) is 4.39. The number of halogens is 4. The van der Waals surface area contributed by atoms with Gasteiger partial charge in [0.15, 0.2) is 0 Å². The minimum atomic E-state index is -0.572. The molecule has 2 rings (SSSR count). The van der Waals surface area contributed by atoms with Gasteiger partial charge in [-0.1, -0.05) is 29.8 Å². The van der Waals surface area contributed by atoms with Crippen LogP contribution < -0.4 is 5.32 Å². The van der Waals surface area contributed by atoms with E-state index in [9.17, 15) is 8.78 Å². The normalized spacial score (nSPS) is 12.4. The molecule has 1 nitrogen and oxygen atoms in total. The van der Waals surface area contributed by atoms with Gasteiger partial charge in [-0.15, -0.1) is 0 Å². The number of rotatable bonds is 4. The minimum absolute atomic E-state index is 0.0404. The Hall–Kier alpha value is -0.970. The van der Waals surface area contributed by atoms with Crippen LogP contribution in [0.15, 0.2) is 40.9 Å². The van der Waals surface area contributed by atoms with Crippen molar-refractivity contribution < 1.29 is 8.78 Å². The summed E-state index contributed by atoms with van der Waals surface area (Å²) >= 11 is 9.21. The van der Waals surface area contributed by atoms with Crippen LogP contribution >= 0.6 is 27.5 Å². The standard InChI is InChI=1S/C15H13BrClF2N/c1-20-14(9-4-2-3-5-12(9)17)8-10-13(18)7-6-11(16)15(10)19/h2-7,14,20H,8H2,1H3. The zero-order valence-corrected chi connectivity index (χ0v) is 13.1. The van der Waals surface area contributed by atoms with Gasteiger partial charge in [0.1, 0.15) is 11.6 Å². The molecule has 0 aliphatic carbocycles. The van der Waals surface area contributed by atoms with Crippen molar-refractivity contribution in [1.82, 2.24) is 5.32 Å². The second-order valence-corrected chi connectivity index (χ2v) is 5.65. The van der Waals surface area contributed by atoms with Crippen LogP contribution in [0.5, 0.6) is 0 Å². The molecule has 1 N–H and O–H groups in total. The Kier molecular flexibility index (Phi) is 5.13. The Labute approximate surface area is 130 Å². The van der Waals surface area contributed by atoms with Crippen LogP contribution in [0.25, 0.3) is 0 Å². The average Bonchev–Trinajstić information content (AvgIpc) is 2.45. The van der Waals surface area contributed by atoms with Gasteiger partial charge >= 0.3 is 0 Å². The molecular weight excluding hydrogens is 348 g/mol. The van der Waals surface area contributed by atoms with E-state index in [0.29, 0.717) is 5.02 Å². The summed E-state index contributed by atoms with van der Waals surface area (Å²) in [6.45, 7) is 0. The fourth-order valence-electron chi connectivity index (χ4n) is 2.09. The van der Waals surface area contributed by atoms with Gasteiger partial charge in [-0.05, 0) is 53.2 Å². The minimum Gasteiger partial charge on any atom is -0.313 e. The molecule has 0 aliphatic rings. The first-order chi connectivity index (χ1) is 9.54. The lowest BCUT2D eigenvalue weighted by molar-refractivity contribution is 0.512. The molecule has 0 saturated heterocycles. The molecule has 0 aromatic heterocycles. The fourth-order valence-corrected chi connectivity index (χ4v) is 2.72. The molecule has 0 amide bonds. The van der Waals surface area contributed by atoms with Crippen LogP contribution in [0.4, 0.5) is 8.78 Å². The lowest BCUT2D eigenvalue weighted by atomic mass is 9.98. The third-order valence-electron chi connectivity index (χ3n) is 3.18. The van der Waals surface area contributed by atoms with E-state index in [2.05, 4.69) is 21.2 Å². The number of benzene rings is 2. The second kappa shape index (κ2) is 6.66. The fraction of sp³-hybridized carbons (Fsp3) is 0.200. The van der Waals surface area contributed by atoms with Crippen molar-refractivity contribution in [2.24, 2.45) is 0 Å². The van der Waals surface area contributed by atoms with Gasteiger partial charge < -0.3 is 5.32 Å². The molecule has 0 spiro atoms. The number of likely N-dealkylation sites (N-methyl/N-ethyl adjacent to an activating group) is 1. The summed E-state index contributed by atoms with van der Waals surface area (Å²) in [5.74, 6) is -1.13. The number of hydrogen-bond donors (Lipinski definition) is 1. The van der Waals surface area contributed by atoms with E-state index in [1.165, 1.54) is 12.1 Å². The molecule has 0 radical (unpaired) electrons. The zero-order chi connectivity index (χ0) is 14.7. The van der Waals surface area contributed by atoms with Crippen LogP contribution in [0.3, 0.4) is 0 Å². The van der Waals surface area contributed by atoms with E-state index >= 15 is 0 Å². The van der Waals surface area contributed by atoms with Crippen LogP contribution in [-0.4, -0.2) is 7.05 Å². The number of nitrogens with one attached hydrogen (secondary N) is 1. The van der Waals surface area contributed by atoms with E-state index < -0.39 is 11.6 Å². The topological polar surface area (TPSA) is 12.0 Å². The Morgan fingerprint density at radius 1 is 1.20 bits per heavy atom. The maximum absolute atomic E-state index is 14.0. The highest BCUT2D eigenvalue weighted by molar-refractivity contribution is 9.10. The molecule has 1 atom stereocenters. The summed E-state index contributed by atoms with van der Waals surface area (Å²) in [4.78, 5) is 0. The van der Waals surface area contributed by atoms with E-state index in [0.717, 1.165) is 5.56 Å². The van der Waals surface area contributed by atoms with E-state index in [1.807, 2.05) is 18.2 Å². The lowest BCUT2D eigenvalue weighted by Crippen LogP contribution is -2.20. The van der Waals surface area contributed by atoms with Gasteiger partial charge in [-0.25, -0.2) is 8.78 Å². The highest BCUT2D eigenvalue weighted by Gasteiger charge is 2.19. The summed E-state index contributed by atoms with van der Waals surface area (Å²) in [5, 5.41) is 3.62.